The molecule has 0 saturated carbocycles. The lowest BCUT2D eigenvalue weighted by atomic mass is 10.1. The van der Waals surface area contributed by atoms with Gasteiger partial charge in [-0.1, -0.05) is 6.92 Å². The molecule has 2 aromatic rings. The van der Waals surface area contributed by atoms with Gasteiger partial charge in [-0.2, -0.15) is 0 Å². The summed E-state index contributed by atoms with van der Waals surface area (Å²) in [6, 6.07) is 2.48. The van der Waals surface area contributed by atoms with Gasteiger partial charge in [-0.15, -0.1) is 11.3 Å². The Morgan fingerprint density at radius 1 is 0.950 bits per heavy atom. The highest BCUT2D eigenvalue weighted by Gasteiger charge is 2.27. The van der Waals surface area contributed by atoms with Crippen LogP contribution in [0.3, 0.4) is 0 Å². The van der Waals surface area contributed by atoms with E-state index in [0.29, 0.717) is 11.3 Å². The van der Waals surface area contributed by atoms with Crippen LogP contribution in [0.4, 0.5) is 22.0 Å². The molecule has 1 atom stereocenters. The maximum atomic E-state index is 13.6. The van der Waals surface area contributed by atoms with Crippen molar-refractivity contribution in [2.75, 3.05) is 0 Å². The van der Waals surface area contributed by atoms with Crippen molar-refractivity contribution in [2.45, 2.75) is 19.4 Å². The molecule has 1 aromatic carbocycles. The van der Waals surface area contributed by atoms with Crippen molar-refractivity contribution >= 4 is 11.3 Å². The van der Waals surface area contributed by atoms with E-state index in [0.717, 1.165) is 11.3 Å². The number of halogens is 5. The van der Waals surface area contributed by atoms with Gasteiger partial charge in [-0.3, -0.25) is 0 Å². The Morgan fingerprint density at radius 3 is 1.95 bits per heavy atom. The van der Waals surface area contributed by atoms with E-state index in [9.17, 15) is 22.0 Å². The van der Waals surface area contributed by atoms with E-state index in [1.165, 1.54) is 12.1 Å². The van der Waals surface area contributed by atoms with E-state index < -0.39 is 34.6 Å². The summed E-state index contributed by atoms with van der Waals surface area (Å²) in [5, 5.41) is 0. The van der Waals surface area contributed by atoms with Crippen LogP contribution in [0, 0.1) is 29.1 Å². The molecule has 0 aliphatic rings. The Kier molecular flexibility index (Phi) is 4.10. The van der Waals surface area contributed by atoms with E-state index in [1.807, 2.05) is 6.92 Å². The van der Waals surface area contributed by atoms with Gasteiger partial charge in [-0.25, -0.2) is 22.0 Å². The first-order chi connectivity index (χ1) is 9.38. The molecule has 1 aromatic heterocycles. The smallest absolute Gasteiger partial charge is 0.200 e. The molecule has 108 valence electrons. The molecular formula is C13H10F5NS. The summed E-state index contributed by atoms with van der Waals surface area (Å²) in [6.07, 6.45) is 0.594. The van der Waals surface area contributed by atoms with Gasteiger partial charge in [0.15, 0.2) is 23.3 Å². The topological polar surface area (TPSA) is 26.0 Å². The summed E-state index contributed by atoms with van der Waals surface area (Å²) < 4.78 is 66.5. The van der Waals surface area contributed by atoms with E-state index in [4.69, 9.17) is 5.73 Å². The fourth-order valence-electron chi connectivity index (χ4n) is 1.71. The van der Waals surface area contributed by atoms with Gasteiger partial charge < -0.3 is 5.73 Å². The van der Waals surface area contributed by atoms with Crippen LogP contribution in [0.15, 0.2) is 12.1 Å². The molecule has 1 unspecified atom stereocenters. The normalized spacial score (nSPS) is 12.8. The van der Waals surface area contributed by atoms with E-state index in [1.54, 1.807) is 0 Å². The summed E-state index contributed by atoms with van der Waals surface area (Å²) in [7, 11) is 0. The Morgan fingerprint density at radius 2 is 1.45 bits per heavy atom. The standard InChI is InChI=1S/C13H10F5NS/c1-2-5(19)6-3-4-7(20-6)8-9(14)11(16)13(18)12(17)10(8)15/h3-5H,2,19H2,1H3. The Bertz CT molecular complexity index is 623. The molecule has 0 saturated heterocycles. The fourth-order valence-corrected chi connectivity index (χ4v) is 2.83. The summed E-state index contributed by atoms with van der Waals surface area (Å²) in [4.78, 5) is 0.572. The number of hydrogen-bond donors (Lipinski definition) is 1. The van der Waals surface area contributed by atoms with Gasteiger partial charge in [-0.05, 0) is 18.6 Å². The van der Waals surface area contributed by atoms with Crippen molar-refractivity contribution in [1.82, 2.24) is 0 Å². The molecule has 7 heteroatoms. The predicted octanol–water partition coefficient (Wildman–Crippen LogP) is 4.52. The van der Waals surface area contributed by atoms with Crippen molar-refractivity contribution in [1.29, 1.82) is 0 Å². The zero-order valence-electron chi connectivity index (χ0n) is 10.3. The molecule has 2 rings (SSSR count). The molecule has 2 N–H and O–H groups in total. The molecule has 0 bridgehead atoms. The number of benzene rings is 1. The third-order valence-corrected chi connectivity index (χ3v) is 4.12. The lowest BCUT2D eigenvalue weighted by molar-refractivity contribution is 0.381. The van der Waals surface area contributed by atoms with Crippen molar-refractivity contribution in [3.05, 3.63) is 46.1 Å². The van der Waals surface area contributed by atoms with Gasteiger partial charge in [0.25, 0.3) is 0 Å². The molecule has 0 aliphatic heterocycles. The highest BCUT2D eigenvalue weighted by Crippen LogP contribution is 2.37. The van der Waals surface area contributed by atoms with Gasteiger partial charge in [0, 0.05) is 15.8 Å². The summed E-state index contributed by atoms with van der Waals surface area (Å²) in [5.41, 5.74) is 4.84. The number of thiophene rings is 1. The Balaban J connectivity index is 2.61. The van der Waals surface area contributed by atoms with Crippen LogP contribution in [-0.4, -0.2) is 0 Å². The molecule has 0 radical (unpaired) electrons. The highest BCUT2D eigenvalue weighted by atomic mass is 32.1. The molecular weight excluding hydrogens is 297 g/mol. The van der Waals surface area contributed by atoms with Crippen LogP contribution in [0.2, 0.25) is 0 Å². The molecule has 0 amide bonds. The minimum atomic E-state index is -2.16. The van der Waals surface area contributed by atoms with Crippen LogP contribution in [0.5, 0.6) is 0 Å². The van der Waals surface area contributed by atoms with Crippen molar-refractivity contribution < 1.29 is 22.0 Å². The van der Waals surface area contributed by atoms with E-state index in [-0.39, 0.29) is 10.9 Å². The second-order valence-corrected chi connectivity index (χ2v) is 5.28. The first-order valence-corrected chi connectivity index (χ1v) is 6.57. The molecule has 1 heterocycles. The number of hydrogen-bond acceptors (Lipinski definition) is 2. The van der Waals surface area contributed by atoms with Crippen molar-refractivity contribution in [3.8, 4) is 10.4 Å². The van der Waals surface area contributed by atoms with Crippen LogP contribution in [0.1, 0.15) is 24.3 Å². The zero-order valence-corrected chi connectivity index (χ0v) is 11.1. The Labute approximate surface area is 115 Å². The third-order valence-electron chi connectivity index (χ3n) is 2.89. The summed E-state index contributed by atoms with van der Waals surface area (Å²) >= 11 is 0.909. The van der Waals surface area contributed by atoms with Crippen molar-refractivity contribution in [2.24, 2.45) is 5.73 Å². The number of rotatable bonds is 3. The quantitative estimate of drug-likeness (QED) is 0.503. The average molecular weight is 307 g/mol. The first-order valence-electron chi connectivity index (χ1n) is 5.75. The number of nitrogens with two attached hydrogens (primary N) is 1. The first kappa shape index (κ1) is 14.9. The van der Waals surface area contributed by atoms with Gasteiger partial charge in [0.1, 0.15) is 0 Å². The van der Waals surface area contributed by atoms with Crippen LogP contribution < -0.4 is 5.73 Å². The molecule has 0 fully saturated rings. The van der Waals surface area contributed by atoms with Gasteiger partial charge >= 0.3 is 0 Å². The van der Waals surface area contributed by atoms with Crippen LogP contribution in [0.25, 0.3) is 10.4 Å². The molecule has 0 spiro atoms. The van der Waals surface area contributed by atoms with Gasteiger partial charge in [0.2, 0.25) is 5.82 Å². The second kappa shape index (κ2) is 5.49. The lowest BCUT2D eigenvalue weighted by Gasteiger charge is -2.07. The zero-order chi connectivity index (χ0) is 15.0. The third kappa shape index (κ3) is 2.31. The highest BCUT2D eigenvalue weighted by molar-refractivity contribution is 7.15. The predicted molar refractivity (Wildman–Crippen MR) is 66.8 cm³/mol. The molecule has 20 heavy (non-hydrogen) atoms. The second-order valence-electron chi connectivity index (χ2n) is 4.16. The largest absolute Gasteiger partial charge is 0.323 e. The monoisotopic (exact) mass is 307 g/mol. The maximum absolute atomic E-state index is 13.6. The SMILES string of the molecule is CCC(N)c1ccc(-c2c(F)c(F)c(F)c(F)c2F)s1. The fraction of sp³-hybridized carbons (Fsp3) is 0.231. The Hall–Kier alpha value is -1.47. The minimum absolute atomic E-state index is 0.0447. The van der Waals surface area contributed by atoms with Crippen LogP contribution >= 0.6 is 11.3 Å². The van der Waals surface area contributed by atoms with E-state index in [2.05, 4.69) is 0 Å². The van der Waals surface area contributed by atoms with Gasteiger partial charge in [0.05, 0.1) is 5.56 Å². The summed E-state index contributed by atoms with van der Waals surface area (Å²) in [5.74, 6) is -9.73. The van der Waals surface area contributed by atoms with Crippen molar-refractivity contribution in [3.63, 3.8) is 0 Å². The molecule has 0 aliphatic carbocycles. The average Bonchev–Trinajstić information content (AvgIpc) is 2.92. The van der Waals surface area contributed by atoms with E-state index >= 15 is 0 Å². The maximum Gasteiger partial charge on any atom is 0.200 e. The molecule has 1 nitrogen and oxygen atoms in total. The summed E-state index contributed by atoms with van der Waals surface area (Å²) in [6.45, 7) is 1.82. The van der Waals surface area contributed by atoms with Crippen LogP contribution in [-0.2, 0) is 0 Å². The lowest BCUT2D eigenvalue weighted by Crippen LogP contribution is -2.06. The minimum Gasteiger partial charge on any atom is -0.323 e.